The third-order valence-electron chi connectivity index (χ3n) is 3.57. The van der Waals surface area contributed by atoms with Gasteiger partial charge in [0.05, 0.1) is 12.6 Å². The fourth-order valence-electron chi connectivity index (χ4n) is 2.59. The van der Waals surface area contributed by atoms with Crippen molar-refractivity contribution in [1.82, 2.24) is 0 Å². The van der Waals surface area contributed by atoms with Crippen molar-refractivity contribution in [2.24, 2.45) is 4.99 Å². The largest absolute Gasteiger partial charge is 0.497 e. The Morgan fingerprint density at radius 1 is 1.18 bits per heavy atom. The number of nitrogens with zero attached hydrogens (tertiary/aromatic N) is 1. The van der Waals surface area contributed by atoms with Crippen LogP contribution in [0.15, 0.2) is 29.3 Å². The zero-order valence-electron chi connectivity index (χ0n) is 10.1. The number of ether oxygens (including phenoxy) is 1. The van der Waals surface area contributed by atoms with Crippen LogP contribution in [0.2, 0.25) is 0 Å². The Balaban J connectivity index is 2.34. The standard InChI is InChI=1S/C14H17NO2/c1-17-13-7-5-12(6-8-13)14(15-11-16)9-3-2-4-10-14/h5-8H,2-4,9-10H2,1H3. The van der Waals surface area contributed by atoms with E-state index < -0.39 is 0 Å². The van der Waals surface area contributed by atoms with Crippen LogP contribution >= 0.6 is 0 Å². The summed E-state index contributed by atoms with van der Waals surface area (Å²) in [6.45, 7) is 0. The highest BCUT2D eigenvalue weighted by Crippen LogP contribution is 2.40. The number of benzene rings is 1. The van der Waals surface area contributed by atoms with E-state index in [2.05, 4.69) is 4.99 Å². The van der Waals surface area contributed by atoms with Gasteiger partial charge in [0, 0.05) is 0 Å². The lowest BCUT2D eigenvalue weighted by molar-refractivity contribution is 0.303. The zero-order valence-corrected chi connectivity index (χ0v) is 10.1. The lowest BCUT2D eigenvalue weighted by Crippen LogP contribution is -2.26. The van der Waals surface area contributed by atoms with E-state index in [1.54, 1.807) is 13.2 Å². The van der Waals surface area contributed by atoms with Gasteiger partial charge in [0.25, 0.3) is 0 Å². The van der Waals surface area contributed by atoms with Gasteiger partial charge in [0.2, 0.25) is 6.08 Å². The number of hydrogen-bond donors (Lipinski definition) is 0. The first kappa shape index (κ1) is 11.9. The highest BCUT2D eigenvalue weighted by atomic mass is 16.5. The normalized spacial score (nSPS) is 18.2. The third kappa shape index (κ3) is 2.40. The molecule has 2 rings (SSSR count). The highest BCUT2D eigenvalue weighted by Gasteiger charge is 2.33. The van der Waals surface area contributed by atoms with Crippen LogP contribution < -0.4 is 4.74 Å². The van der Waals surface area contributed by atoms with Gasteiger partial charge in [-0.25, -0.2) is 4.79 Å². The molecule has 90 valence electrons. The number of methoxy groups -OCH3 is 1. The van der Waals surface area contributed by atoms with Crippen LogP contribution in [-0.2, 0) is 10.3 Å². The molecule has 0 aliphatic heterocycles. The lowest BCUT2D eigenvalue weighted by Gasteiger charge is -2.32. The van der Waals surface area contributed by atoms with Crippen molar-refractivity contribution in [1.29, 1.82) is 0 Å². The van der Waals surface area contributed by atoms with Crippen molar-refractivity contribution in [3.05, 3.63) is 29.8 Å². The summed E-state index contributed by atoms with van der Waals surface area (Å²) in [6, 6.07) is 7.86. The summed E-state index contributed by atoms with van der Waals surface area (Å²) in [5.41, 5.74) is 0.757. The van der Waals surface area contributed by atoms with E-state index >= 15 is 0 Å². The van der Waals surface area contributed by atoms with Crippen molar-refractivity contribution >= 4 is 6.08 Å². The minimum Gasteiger partial charge on any atom is -0.497 e. The summed E-state index contributed by atoms with van der Waals surface area (Å²) in [6.07, 6.45) is 7.10. The van der Waals surface area contributed by atoms with Crippen molar-refractivity contribution < 1.29 is 9.53 Å². The van der Waals surface area contributed by atoms with Gasteiger partial charge in [0.15, 0.2) is 0 Å². The maximum Gasteiger partial charge on any atom is 0.235 e. The summed E-state index contributed by atoms with van der Waals surface area (Å²) in [4.78, 5) is 14.8. The predicted molar refractivity (Wildman–Crippen MR) is 65.9 cm³/mol. The molecule has 17 heavy (non-hydrogen) atoms. The number of aliphatic imine (C=N–C) groups is 1. The molecule has 0 N–H and O–H groups in total. The SMILES string of the molecule is COc1ccc(C2(N=C=O)CCCCC2)cc1. The van der Waals surface area contributed by atoms with Crippen LogP contribution in [0.4, 0.5) is 0 Å². The van der Waals surface area contributed by atoms with E-state index in [9.17, 15) is 4.79 Å². The van der Waals surface area contributed by atoms with Gasteiger partial charge in [-0.2, -0.15) is 4.99 Å². The summed E-state index contributed by atoms with van der Waals surface area (Å²) < 4.78 is 5.14. The Hall–Kier alpha value is -1.60. The topological polar surface area (TPSA) is 38.7 Å². The monoisotopic (exact) mass is 231 g/mol. The van der Waals surface area contributed by atoms with E-state index in [4.69, 9.17) is 4.74 Å². The second-order valence-electron chi connectivity index (χ2n) is 4.52. The molecule has 0 atom stereocenters. The van der Waals surface area contributed by atoms with Crippen LogP contribution in [0.1, 0.15) is 37.7 Å². The lowest BCUT2D eigenvalue weighted by atomic mass is 9.77. The van der Waals surface area contributed by atoms with Gasteiger partial charge in [-0.3, -0.25) is 0 Å². The molecule has 1 saturated carbocycles. The summed E-state index contributed by atoms with van der Waals surface area (Å²) in [5, 5.41) is 0. The molecule has 0 spiro atoms. The van der Waals surface area contributed by atoms with Crippen LogP contribution in [0.5, 0.6) is 5.75 Å². The molecule has 3 heteroatoms. The molecule has 0 heterocycles. The Morgan fingerprint density at radius 3 is 2.35 bits per heavy atom. The van der Waals surface area contributed by atoms with Crippen molar-refractivity contribution in [2.45, 2.75) is 37.6 Å². The van der Waals surface area contributed by atoms with Crippen LogP contribution in [0, 0.1) is 0 Å². The Kier molecular flexibility index (Phi) is 3.60. The summed E-state index contributed by atoms with van der Waals surface area (Å²) >= 11 is 0. The molecule has 0 amide bonds. The van der Waals surface area contributed by atoms with E-state index in [0.29, 0.717) is 0 Å². The minimum atomic E-state index is -0.341. The molecule has 1 aromatic carbocycles. The molecule has 1 aromatic rings. The van der Waals surface area contributed by atoms with Gasteiger partial charge < -0.3 is 4.74 Å². The smallest absolute Gasteiger partial charge is 0.235 e. The number of hydrogen-bond acceptors (Lipinski definition) is 3. The molecular weight excluding hydrogens is 214 g/mol. The van der Waals surface area contributed by atoms with Crippen molar-refractivity contribution in [3.63, 3.8) is 0 Å². The Morgan fingerprint density at radius 2 is 1.82 bits per heavy atom. The molecule has 1 aliphatic carbocycles. The van der Waals surface area contributed by atoms with Gasteiger partial charge in [-0.15, -0.1) is 0 Å². The predicted octanol–water partition coefficient (Wildman–Crippen LogP) is 3.19. The van der Waals surface area contributed by atoms with E-state index in [1.807, 2.05) is 24.3 Å². The van der Waals surface area contributed by atoms with Crippen LogP contribution in [-0.4, -0.2) is 13.2 Å². The van der Waals surface area contributed by atoms with Gasteiger partial charge in [-0.1, -0.05) is 31.4 Å². The number of carbonyl (C=O) groups excluding carboxylic acids is 1. The number of isocyanates is 1. The first-order valence-corrected chi connectivity index (χ1v) is 6.04. The Labute approximate surface area is 102 Å². The second kappa shape index (κ2) is 5.15. The molecule has 1 aliphatic rings. The zero-order chi connectivity index (χ0) is 12.1. The number of rotatable bonds is 3. The highest BCUT2D eigenvalue weighted by molar-refractivity contribution is 5.40. The first-order chi connectivity index (χ1) is 8.30. The molecule has 0 radical (unpaired) electrons. The van der Waals surface area contributed by atoms with Crippen molar-refractivity contribution in [2.75, 3.05) is 7.11 Å². The van der Waals surface area contributed by atoms with Gasteiger partial charge >= 0.3 is 0 Å². The quantitative estimate of drug-likeness (QED) is 0.592. The minimum absolute atomic E-state index is 0.341. The molecule has 1 fully saturated rings. The average Bonchev–Trinajstić information content (AvgIpc) is 2.40. The van der Waals surface area contributed by atoms with Gasteiger partial charge in [0.1, 0.15) is 5.75 Å². The maximum absolute atomic E-state index is 10.7. The van der Waals surface area contributed by atoms with E-state index in [-0.39, 0.29) is 5.54 Å². The van der Waals surface area contributed by atoms with Crippen LogP contribution in [0.3, 0.4) is 0 Å². The third-order valence-corrected chi connectivity index (χ3v) is 3.57. The molecular formula is C14H17NO2. The fraction of sp³-hybridized carbons (Fsp3) is 0.500. The molecule has 0 aromatic heterocycles. The summed E-state index contributed by atoms with van der Waals surface area (Å²) in [7, 11) is 1.65. The molecule has 0 bridgehead atoms. The molecule has 0 saturated heterocycles. The Bertz CT molecular complexity index is 412. The first-order valence-electron chi connectivity index (χ1n) is 6.04. The van der Waals surface area contributed by atoms with Gasteiger partial charge in [-0.05, 0) is 30.5 Å². The average molecular weight is 231 g/mol. The van der Waals surface area contributed by atoms with Crippen molar-refractivity contribution in [3.8, 4) is 5.75 Å². The van der Waals surface area contributed by atoms with Crippen LogP contribution in [0.25, 0.3) is 0 Å². The second-order valence-corrected chi connectivity index (χ2v) is 4.52. The van der Waals surface area contributed by atoms with E-state index in [0.717, 1.165) is 37.0 Å². The fourth-order valence-corrected chi connectivity index (χ4v) is 2.59. The van der Waals surface area contributed by atoms with E-state index in [1.165, 1.54) is 6.42 Å². The maximum atomic E-state index is 10.7. The molecule has 3 nitrogen and oxygen atoms in total. The molecule has 0 unspecified atom stereocenters. The summed E-state index contributed by atoms with van der Waals surface area (Å²) in [5.74, 6) is 0.829.